The van der Waals surface area contributed by atoms with Gasteiger partial charge in [0.2, 0.25) is 5.82 Å². The van der Waals surface area contributed by atoms with Crippen LogP contribution >= 0.6 is 0 Å². The molecule has 0 saturated heterocycles. The summed E-state index contributed by atoms with van der Waals surface area (Å²) in [5.41, 5.74) is 1.57. The monoisotopic (exact) mass is 311 g/mol. The second-order valence-corrected chi connectivity index (χ2v) is 4.90. The summed E-state index contributed by atoms with van der Waals surface area (Å²) in [6, 6.07) is 14.0. The van der Waals surface area contributed by atoms with Crippen molar-refractivity contribution in [1.82, 2.24) is 10.1 Å². The topological polar surface area (TPSA) is 91.3 Å². The van der Waals surface area contributed by atoms with E-state index in [9.17, 15) is 10.1 Å². The number of rotatable bonds is 5. The molecule has 7 heteroatoms. The molecular weight excluding hydrogens is 298 g/mol. The van der Waals surface area contributed by atoms with Gasteiger partial charge in [-0.15, -0.1) is 0 Å². The van der Waals surface area contributed by atoms with Gasteiger partial charge in [0.1, 0.15) is 0 Å². The fourth-order valence-electron chi connectivity index (χ4n) is 2.04. The number of hydrogen-bond donors (Lipinski definition) is 0. The fourth-order valence-corrected chi connectivity index (χ4v) is 2.04. The van der Waals surface area contributed by atoms with Gasteiger partial charge in [0.15, 0.2) is 12.4 Å². The number of aryl methyl sites for hydroxylation is 1. The molecule has 0 aliphatic heterocycles. The Kier molecular flexibility index (Phi) is 4.01. The lowest BCUT2D eigenvalue weighted by molar-refractivity contribution is -0.386. The highest BCUT2D eigenvalue weighted by Gasteiger charge is 2.16. The molecule has 0 aliphatic carbocycles. The minimum Gasteiger partial charge on any atom is -0.478 e. The average Bonchev–Trinajstić information content (AvgIpc) is 3.02. The van der Waals surface area contributed by atoms with E-state index in [4.69, 9.17) is 9.26 Å². The molecule has 0 spiro atoms. The maximum atomic E-state index is 11.0. The van der Waals surface area contributed by atoms with E-state index in [1.54, 1.807) is 12.1 Å². The van der Waals surface area contributed by atoms with E-state index in [0.29, 0.717) is 11.7 Å². The van der Waals surface area contributed by atoms with E-state index >= 15 is 0 Å². The number of ether oxygens (including phenoxy) is 1. The summed E-state index contributed by atoms with van der Waals surface area (Å²) < 4.78 is 10.7. The Bertz CT molecular complexity index is 830. The molecule has 116 valence electrons. The van der Waals surface area contributed by atoms with Crippen LogP contribution in [-0.2, 0) is 6.61 Å². The molecule has 0 unspecified atom stereocenters. The first-order valence-electron chi connectivity index (χ1n) is 6.89. The van der Waals surface area contributed by atoms with Gasteiger partial charge in [-0.05, 0) is 30.7 Å². The molecule has 0 amide bonds. The van der Waals surface area contributed by atoms with Crippen molar-refractivity contribution in [3.05, 3.63) is 70.0 Å². The van der Waals surface area contributed by atoms with Gasteiger partial charge in [-0.1, -0.05) is 29.4 Å². The normalized spacial score (nSPS) is 10.5. The van der Waals surface area contributed by atoms with E-state index < -0.39 is 4.92 Å². The molecular formula is C16H13N3O4. The van der Waals surface area contributed by atoms with Crippen molar-refractivity contribution in [2.75, 3.05) is 0 Å². The fraction of sp³-hybridized carbons (Fsp3) is 0.125. The van der Waals surface area contributed by atoms with Crippen molar-refractivity contribution < 1.29 is 14.2 Å². The predicted molar refractivity (Wildman–Crippen MR) is 81.9 cm³/mol. The van der Waals surface area contributed by atoms with E-state index in [0.717, 1.165) is 11.1 Å². The van der Waals surface area contributed by atoms with Crippen LogP contribution in [0.25, 0.3) is 11.5 Å². The van der Waals surface area contributed by atoms with Crippen LogP contribution < -0.4 is 4.74 Å². The molecule has 2 aromatic carbocycles. The van der Waals surface area contributed by atoms with Gasteiger partial charge >= 0.3 is 5.69 Å². The summed E-state index contributed by atoms with van der Waals surface area (Å²) >= 11 is 0. The highest BCUT2D eigenvalue weighted by atomic mass is 16.6. The van der Waals surface area contributed by atoms with Crippen molar-refractivity contribution >= 4 is 5.69 Å². The number of nitro groups is 1. The van der Waals surface area contributed by atoms with Crippen LogP contribution in [0.3, 0.4) is 0 Å². The van der Waals surface area contributed by atoms with Crippen LogP contribution in [0.15, 0.2) is 53.1 Å². The van der Waals surface area contributed by atoms with E-state index in [2.05, 4.69) is 10.1 Å². The van der Waals surface area contributed by atoms with E-state index in [1.165, 1.54) is 6.07 Å². The maximum absolute atomic E-state index is 11.0. The molecule has 3 rings (SSSR count). The lowest BCUT2D eigenvalue weighted by atomic mass is 10.2. The van der Waals surface area contributed by atoms with Crippen LogP contribution in [0.1, 0.15) is 11.4 Å². The number of aromatic nitrogens is 2. The summed E-state index contributed by atoms with van der Waals surface area (Å²) in [5.74, 6) is 0.878. The minimum absolute atomic E-state index is 0.0133. The second-order valence-electron chi connectivity index (χ2n) is 4.90. The summed E-state index contributed by atoms with van der Waals surface area (Å²) in [5, 5.41) is 14.8. The Morgan fingerprint density at radius 2 is 2.00 bits per heavy atom. The van der Waals surface area contributed by atoms with Crippen LogP contribution in [0.4, 0.5) is 5.69 Å². The Morgan fingerprint density at radius 1 is 1.22 bits per heavy atom. The SMILES string of the molecule is Cc1ccc([N+](=O)[O-])c(OCc2noc(-c3ccccc3)n2)c1. The Hall–Kier alpha value is -3.22. The number of nitrogens with zero attached hydrogens (tertiary/aromatic N) is 3. The van der Waals surface area contributed by atoms with Gasteiger partial charge in [0.05, 0.1) is 4.92 Å². The molecule has 0 atom stereocenters. The van der Waals surface area contributed by atoms with Gasteiger partial charge in [-0.25, -0.2) is 0 Å². The first-order chi connectivity index (χ1) is 11.1. The molecule has 3 aromatic rings. The maximum Gasteiger partial charge on any atom is 0.310 e. The minimum atomic E-state index is -0.486. The van der Waals surface area contributed by atoms with Gasteiger partial charge in [0, 0.05) is 11.6 Å². The highest BCUT2D eigenvalue weighted by Crippen LogP contribution is 2.28. The highest BCUT2D eigenvalue weighted by molar-refractivity contribution is 5.52. The molecule has 0 bridgehead atoms. The zero-order valence-electron chi connectivity index (χ0n) is 12.3. The smallest absolute Gasteiger partial charge is 0.310 e. The molecule has 0 saturated carbocycles. The van der Waals surface area contributed by atoms with Gasteiger partial charge in [0.25, 0.3) is 5.89 Å². The average molecular weight is 311 g/mol. The first kappa shape index (κ1) is 14.7. The summed E-state index contributed by atoms with van der Waals surface area (Å²) in [7, 11) is 0. The number of hydrogen-bond acceptors (Lipinski definition) is 6. The largest absolute Gasteiger partial charge is 0.478 e. The predicted octanol–water partition coefficient (Wildman–Crippen LogP) is 3.53. The summed E-state index contributed by atoms with van der Waals surface area (Å²) in [4.78, 5) is 14.7. The molecule has 23 heavy (non-hydrogen) atoms. The Morgan fingerprint density at radius 3 is 2.74 bits per heavy atom. The van der Waals surface area contributed by atoms with Crippen molar-refractivity contribution in [3.63, 3.8) is 0 Å². The van der Waals surface area contributed by atoms with E-state index in [1.807, 2.05) is 37.3 Å². The van der Waals surface area contributed by atoms with E-state index in [-0.39, 0.29) is 18.0 Å². The molecule has 0 N–H and O–H groups in total. The van der Waals surface area contributed by atoms with Crippen molar-refractivity contribution in [2.45, 2.75) is 13.5 Å². The summed E-state index contributed by atoms with van der Waals surface area (Å²) in [6.07, 6.45) is 0. The lowest BCUT2D eigenvalue weighted by Crippen LogP contribution is -2.01. The number of nitro benzene ring substituents is 1. The van der Waals surface area contributed by atoms with Gasteiger partial charge in [-0.3, -0.25) is 10.1 Å². The molecule has 1 heterocycles. The van der Waals surface area contributed by atoms with Gasteiger partial charge < -0.3 is 9.26 Å². The van der Waals surface area contributed by atoms with Crippen LogP contribution in [-0.4, -0.2) is 15.1 Å². The molecule has 0 radical (unpaired) electrons. The zero-order chi connectivity index (χ0) is 16.2. The third-order valence-corrected chi connectivity index (χ3v) is 3.16. The Balaban J connectivity index is 1.76. The molecule has 0 aliphatic rings. The van der Waals surface area contributed by atoms with Crippen molar-refractivity contribution in [1.29, 1.82) is 0 Å². The first-order valence-corrected chi connectivity index (χ1v) is 6.89. The van der Waals surface area contributed by atoms with Crippen LogP contribution in [0.5, 0.6) is 5.75 Å². The van der Waals surface area contributed by atoms with Gasteiger partial charge in [-0.2, -0.15) is 4.98 Å². The molecule has 0 fully saturated rings. The van der Waals surface area contributed by atoms with Crippen molar-refractivity contribution in [3.8, 4) is 17.2 Å². The zero-order valence-corrected chi connectivity index (χ0v) is 12.3. The van der Waals surface area contributed by atoms with Crippen LogP contribution in [0, 0.1) is 17.0 Å². The molecule has 7 nitrogen and oxygen atoms in total. The second kappa shape index (κ2) is 6.27. The van der Waals surface area contributed by atoms with Crippen LogP contribution in [0.2, 0.25) is 0 Å². The third kappa shape index (κ3) is 3.34. The Labute approximate surface area is 131 Å². The third-order valence-electron chi connectivity index (χ3n) is 3.16. The lowest BCUT2D eigenvalue weighted by Gasteiger charge is -2.05. The number of benzene rings is 2. The quantitative estimate of drug-likeness (QED) is 0.528. The summed E-state index contributed by atoms with van der Waals surface area (Å²) in [6.45, 7) is 1.82. The molecule has 1 aromatic heterocycles. The van der Waals surface area contributed by atoms with Crippen molar-refractivity contribution in [2.24, 2.45) is 0 Å². The standard InChI is InChI=1S/C16H13N3O4/c1-11-7-8-13(19(20)21)14(9-11)22-10-15-17-16(23-18-15)12-5-3-2-4-6-12/h2-9H,10H2,1H3.